The van der Waals surface area contributed by atoms with Crippen molar-refractivity contribution in [2.75, 3.05) is 0 Å². The Morgan fingerprint density at radius 1 is 1.55 bits per heavy atom. The Bertz CT molecular complexity index is 283. The predicted molar refractivity (Wildman–Crippen MR) is 45.6 cm³/mol. The second-order valence-electron chi connectivity index (χ2n) is 2.20. The molecule has 2 nitrogen and oxygen atoms in total. The molecule has 0 atom stereocenters. The summed E-state index contributed by atoms with van der Waals surface area (Å²) in [5, 5.41) is 11.9. The maximum atomic E-state index is 8.26. The van der Waals surface area contributed by atoms with Gasteiger partial charge in [-0.15, -0.1) is 0 Å². The van der Waals surface area contributed by atoms with Gasteiger partial charge in [0.2, 0.25) is 0 Å². The zero-order valence-electron chi connectivity index (χ0n) is 6.08. The molecule has 0 aliphatic heterocycles. The van der Waals surface area contributed by atoms with E-state index in [1.54, 1.807) is 6.07 Å². The van der Waals surface area contributed by atoms with Gasteiger partial charge in [0, 0.05) is 10.6 Å². The number of hydrogen-bond acceptors (Lipinski definition) is 2. The fraction of sp³-hybridized carbons (Fsp3) is 0.125. The summed E-state index contributed by atoms with van der Waals surface area (Å²) in [5.74, 6) is 0. The standard InChI is InChI=1S/C8H8ClNO/c1-6-7(5-10-11)3-2-4-8(6)9/h2-5,11H,1H3/b10-5+. The molecule has 11 heavy (non-hydrogen) atoms. The minimum atomic E-state index is 0.683. The lowest BCUT2D eigenvalue weighted by Gasteiger charge is -1.99. The van der Waals surface area contributed by atoms with E-state index in [-0.39, 0.29) is 0 Å². The topological polar surface area (TPSA) is 32.6 Å². The first-order valence-electron chi connectivity index (χ1n) is 3.18. The molecule has 0 spiro atoms. The molecule has 0 fully saturated rings. The van der Waals surface area contributed by atoms with Crippen LogP contribution in [0.4, 0.5) is 0 Å². The minimum Gasteiger partial charge on any atom is -0.411 e. The Balaban J connectivity index is 3.16. The Morgan fingerprint density at radius 2 is 2.27 bits per heavy atom. The summed E-state index contributed by atoms with van der Waals surface area (Å²) < 4.78 is 0. The molecule has 0 amide bonds. The van der Waals surface area contributed by atoms with E-state index in [1.807, 2.05) is 19.1 Å². The molecular formula is C8H8ClNO. The van der Waals surface area contributed by atoms with Gasteiger partial charge in [-0.05, 0) is 18.6 Å². The van der Waals surface area contributed by atoms with Gasteiger partial charge in [-0.1, -0.05) is 28.9 Å². The van der Waals surface area contributed by atoms with E-state index in [9.17, 15) is 0 Å². The van der Waals surface area contributed by atoms with Crippen LogP contribution in [0.15, 0.2) is 23.4 Å². The highest BCUT2D eigenvalue weighted by atomic mass is 35.5. The van der Waals surface area contributed by atoms with E-state index in [2.05, 4.69) is 5.16 Å². The SMILES string of the molecule is Cc1c(Cl)cccc1/C=N/O. The Kier molecular flexibility index (Phi) is 2.49. The van der Waals surface area contributed by atoms with Crippen molar-refractivity contribution in [2.45, 2.75) is 6.92 Å². The number of halogens is 1. The number of nitrogens with zero attached hydrogens (tertiary/aromatic N) is 1. The summed E-state index contributed by atoms with van der Waals surface area (Å²) >= 11 is 5.81. The largest absolute Gasteiger partial charge is 0.411 e. The lowest BCUT2D eigenvalue weighted by Crippen LogP contribution is -1.86. The van der Waals surface area contributed by atoms with Crippen LogP contribution in [0.2, 0.25) is 5.02 Å². The highest BCUT2D eigenvalue weighted by molar-refractivity contribution is 6.31. The van der Waals surface area contributed by atoms with Crippen molar-refractivity contribution < 1.29 is 5.21 Å². The highest BCUT2D eigenvalue weighted by Crippen LogP contribution is 2.16. The lowest BCUT2D eigenvalue weighted by atomic mass is 10.1. The molecular weight excluding hydrogens is 162 g/mol. The molecule has 0 aliphatic carbocycles. The molecule has 58 valence electrons. The zero-order valence-corrected chi connectivity index (χ0v) is 6.84. The molecule has 3 heteroatoms. The van der Waals surface area contributed by atoms with Gasteiger partial charge in [0.15, 0.2) is 0 Å². The third kappa shape index (κ3) is 1.71. The molecule has 0 saturated carbocycles. The van der Waals surface area contributed by atoms with Crippen LogP contribution in [0.25, 0.3) is 0 Å². The summed E-state index contributed by atoms with van der Waals surface area (Å²) in [6.07, 6.45) is 1.36. The predicted octanol–water partition coefficient (Wildman–Crippen LogP) is 2.46. The van der Waals surface area contributed by atoms with Gasteiger partial charge >= 0.3 is 0 Å². The van der Waals surface area contributed by atoms with E-state index in [1.165, 1.54) is 6.21 Å². The van der Waals surface area contributed by atoms with Crippen molar-refractivity contribution in [3.63, 3.8) is 0 Å². The molecule has 0 bridgehead atoms. The van der Waals surface area contributed by atoms with Gasteiger partial charge in [-0.2, -0.15) is 0 Å². The third-order valence-corrected chi connectivity index (χ3v) is 1.92. The van der Waals surface area contributed by atoms with E-state index < -0.39 is 0 Å². The minimum absolute atomic E-state index is 0.683. The lowest BCUT2D eigenvalue weighted by molar-refractivity contribution is 0.322. The van der Waals surface area contributed by atoms with E-state index >= 15 is 0 Å². The Morgan fingerprint density at radius 3 is 2.91 bits per heavy atom. The first kappa shape index (κ1) is 8.08. The summed E-state index contributed by atoms with van der Waals surface area (Å²) in [6.45, 7) is 1.87. The molecule has 0 radical (unpaired) electrons. The number of oxime groups is 1. The van der Waals surface area contributed by atoms with Gasteiger partial charge in [0.25, 0.3) is 0 Å². The van der Waals surface area contributed by atoms with Crippen LogP contribution in [0.5, 0.6) is 0 Å². The molecule has 1 rings (SSSR count). The number of benzene rings is 1. The smallest absolute Gasteiger partial charge is 0.0737 e. The van der Waals surface area contributed by atoms with Crippen LogP contribution >= 0.6 is 11.6 Å². The second kappa shape index (κ2) is 3.39. The molecule has 0 heterocycles. The maximum absolute atomic E-state index is 8.26. The summed E-state index contributed by atoms with van der Waals surface area (Å²) in [6, 6.07) is 5.44. The normalized spacial score (nSPS) is 10.7. The molecule has 1 N–H and O–H groups in total. The second-order valence-corrected chi connectivity index (χ2v) is 2.61. The summed E-state index contributed by atoms with van der Waals surface area (Å²) in [4.78, 5) is 0. The molecule has 1 aromatic rings. The Hall–Kier alpha value is -1.02. The first-order chi connectivity index (χ1) is 5.25. The van der Waals surface area contributed by atoms with E-state index in [0.717, 1.165) is 11.1 Å². The number of rotatable bonds is 1. The molecule has 0 aromatic heterocycles. The fourth-order valence-corrected chi connectivity index (χ4v) is 1.01. The highest BCUT2D eigenvalue weighted by Gasteiger charge is 1.97. The van der Waals surface area contributed by atoms with Gasteiger partial charge in [-0.25, -0.2) is 0 Å². The van der Waals surface area contributed by atoms with Crippen molar-refractivity contribution in [2.24, 2.45) is 5.16 Å². The van der Waals surface area contributed by atoms with Crippen LogP contribution in [-0.4, -0.2) is 11.4 Å². The molecule has 0 aliphatic rings. The van der Waals surface area contributed by atoms with Crippen molar-refractivity contribution in [1.82, 2.24) is 0 Å². The first-order valence-corrected chi connectivity index (χ1v) is 3.56. The summed E-state index contributed by atoms with van der Waals surface area (Å²) in [7, 11) is 0. The van der Waals surface area contributed by atoms with Crippen LogP contribution in [-0.2, 0) is 0 Å². The van der Waals surface area contributed by atoms with Crippen LogP contribution < -0.4 is 0 Å². The third-order valence-electron chi connectivity index (χ3n) is 1.51. The fourth-order valence-electron chi connectivity index (χ4n) is 0.826. The maximum Gasteiger partial charge on any atom is 0.0737 e. The zero-order chi connectivity index (χ0) is 8.27. The van der Waals surface area contributed by atoms with Crippen LogP contribution in [0.3, 0.4) is 0 Å². The van der Waals surface area contributed by atoms with E-state index in [0.29, 0.717) is 5.02 Å². The molecule has 1 aromatic carbocycles. The van der Waals surface area contributed by atoms with Gasteiger partial charge < -0.3 is 5.21 Å². The average Bonchev–Trinajstić information content (AvgIpc) is 1.99. The van der Waals surface area contributed by atoms with Crippen LogP contribution in [0, 0.1) is 6.92 Å². The van der Waals surface area contributed by atoms with Crippen molar-refractivity contribution in [1.29, 1.82) is 0 Å². The molecule has 0 saturated heterocycles. The molecule has 0 unspecified atom stereocenters. The van der Waals surface area contributed by atoms with Gasteiger partial charge in [-0.3, -0.25) is 0 Å². The van der Waals surface area contributed by atoms with E-state index in [4.69, 9.17) is 16.8 Å². The monoisotopic (exact) mass is 169 g/mol. The number of hydrogen-bond donors (Lipinski definition) is 1. The Labute approximate surface area is 70.1 Å². The van der Waals surface area contributed by atoms with Crippen molar-refractivity contribution >= 4 is 17.8 Å². The quantitative estimate of drug-likeness (QED) is 0.391. The van der Waals surface area contributed by atoms with Crippen LogP contribution in [0.1, 0.15) is 11.1 Å². The van der Waals surface area contributed by atoms with Gasteiger partial charge in [0.1, 0.15) is 0 Å². The van der Waals surface area contributed by atoms with Crippen molar-refractivity contribution in [3.8, 4) is 0 Å². The summed E-state index contributed by atoms with van der Waals surface area (Å²) in [5.41, 5.74) is 1.76. The average molecular weight is 170 g/mol. The van der Waals surface area contributed by atoms with Gasteiger partial charge in [0.05, 0.1) is 6.21 Å². The van der Waals surface area contributed by atoms with Crippen molar-refractivity contribution in [3.05, 3.63) is 34.3 Å².